The molecule has 1 rings (SSSR count). The van der Waals surface area contributed by atoms with E-state index in [1.165, 1.54) is 11.3 Å². The van der Waals surface area contributed by atoms with Gasteiger partial charge in [0.2, 0.25) is 5.91 Å². The normalized spacial score (nSPS) is 13.0. The molecule has 0 aliphatic heterocycles. The lowest BCUT2D eigenvalue weighted by Crippen LogP contribution is -2.34. The minimum absolute atomic E-state index is 0. The number of hydrogen-bond donors (Lipinski definition) is 2. The number of nitrogens with one attached hydrogen (secondary N) is 1. The number of carbonyl (C=O) groups excluding carboxylic acids is 2. The summed E-state index contributed by atoms with van der Waals surface area (Å²) in [5.41, 5.74) is 7.16. The highest BCUT2D eigenvalue weighted by molar-refractivity contribution is 7.16. The summed E-state index contributed by atoms with van der Waals surface area (Å²) in [6.45, 7) is 9.55. The molecule has 0 fully saturated rings. The summed E-state index contributed by atoms with van der Waals surface area (Å²) in [6.07, 6.45) is 0.717. The maximum absolute atomic E-state index is 12.2. The summed E-state index contributed by atoms with van der Waals surface area (Å²) in [7, 11) is 0. The molecule has 126 valence electrons. The van der Waals surface area contributed by atoms with Gasteiger partial charge < -0.3 is 15.8 Å². The van der Waals surface area contributed by atoms with Gasteiger partial charge in [0, 0.05) is 10.9 Å². The largest absolute Gasteiger partial charge is 0.462 e. The zero-order chi connectivity index (χ0) is 16.2. The SMILES string of the molecule is CCOC(=O)c1c(NC(=O)C(C)C(C)N)sc(C)c1CC.Cl. The van der Waals surface area contributed by atoms with Crippen molar-refractivity contribution < 1.29 is 14.3 Å². The van der Waals surface area contributed by atoms with Crippen LogP contribution in [0.4, 0.5) is 5.00 Å². The van der Waals surface area contributed by atoms with Crippen LogP contribution in [0, 0.1) is 12.8 Å². The summed E-state index contributed by atoms with van der Waals surface area (Å²) >= 11 is 1.40. The second-order valence-electron chi connectivity index (χ2n) is 5.05. The third-order valence-electron chi connectivity index (χ3n) is 3.48. The van der Waals surface area contributed by atoms with Gasteiger partial charge in [-0.25, -0.2) is 4.79 Å². The van der Waals surface area contributed by atoms with E-state index >= 15 is 0 Å². The number of carbonyl (C=O) groups is 2. The molecule has 0 spiro atoms. The van der Waals surface area contributed by atoms with Crippen molar-refractivity contribution in [2.75, 3.05) is 11.9 Å². The maximum atomic E-state index is 12.2. The molecule has 2 unspecified atom stereocenters. The average molecular weight is 349 g/mol. The number of ether oxygens (including phenoxy) is 1. The smallest absolute Gasteiger partial charge is 0.341 e. The van der Waals surface area contributed by atoms with E-state index in [9.17, 15) is 9.59 Å². The van der Waals surface area contributed by atoms with Crippen LogP contribution in [0.1, 0.15) is 48.5 Å². The summed E-state index contributed by atoms with van der Waals surface area (Å²) in [4.78, 5) is 25.3. The fourth-order valence-corrected chi connectivity index (χ4v) is 3.11. The van der Waals surface area contributed by atoms with E-state index in [1.807, 2.05) is 13.8 Å². The lowest BCUT2D eigenvalue weighted by Gasteiger charge is -2.15. The van der Waals surface area contributed by atoms with Crippen molar-refractivity contribution in [3.05, 3.63) is 16.0 Å². The van der Waals surface area contributed by atoms with Crippen molar-refractivity contribution in [1.82, 2.24) is 0 Å². The second kappa shape index (κ2) is 9.12. The Kier molecular flexibility index (Phi) is 8.66. The van der Waals surface area contributed by atoms with E-state index in [-0.39, 0.29) is 36.2 Å². The molecule has 0 aliphatic carbocycles. The molecule has 3 N–H and O–H groups in total. The van der Waals surface area contributed by atoms with Crippen molar-refractivity contribution in [2.45, 2.75) is 47.1 Å². The zero-order valence-electron chi connectivity index (χ0n) is 13.7. The van der Waals surface area contributed by atoms with Crippen molar-refractivity contribution in [2.24, 2.45) is 11.7 Å². The van der Waals surface area contributed by atoms with E-state index < -0.39 is 0 Å². The maximum Gasteiger partial charge on any atom is 0.341 e. The number of halogens is 1. The van der Waals surface area contributed by atoms with Crippen molar-refractivity contribution in [3.63, 3.8) is 0 Å². The minimum atomic E-state index is -0.387. The first-order valence-electron chi connectivity index (χ1n) is 7.19. The van der Waals surface area contributed by atoms with Crippen LogP contribution in [0.25, 0.3) is 0 Å². The predicted octanol–water partition coefficient (Wildman–Crippen LogP) is 3.14. The van der Waals surface area contributed by atoms with Crippen LogP contribution < -0.4 is 11.1 Å². The van der Waals surface area contributed by atoms with Crippen LogP contribution in [-0.2, 0) is 16.0 Å². The number of thiophene rings is 1. The fraction of sp³-hybridized carbons (Fsp3) is 0.600. The number of aryl methyl sites for hydroxylation is 1. The van der Waals surface area contributed by atoms with E-state index in [1.54, 1.807) is 20.8 Å². The Hall–Kier alpha value is -1.11. The standard InChI is InChI=1S/C15H24N2O3S.ClH/c1-6-11-10(5)21-14(12(11)15(19)20-7-2)17-13(18)8(3)9(4)16;/h8-9H,6-7,16H2,1-5H3,(H,17,18);1H. The molecule has 0 saturated heterocycles. The first kappa shape index (κ1) is 20.9. The van der Waals surface area contributed by atoms with E-state index in [0.29, 0.717) is 17.2 Å². The Morgan fingerprint density at radius 3 is 2.36 bits per heavy atom. The van der Waals surface area contributed by atoms with Gasteiger partial charge in [-0.3, -0.25) is 4.79 Å². The molecule has 1 amide bonds. The molecule has 7 heteroatoms. The summed E-state index contributed by atoms with van der Waals surface area (Å²) in [6, 6.07) is -0.247. The Bertz CT molecular complexity index is 529. The molecule has 1 aromatic heterocycles. The number of anilines is 1. The summed E-state index contributed by atoms with van der Waals surface area (Å²) in [5.74, 6) is -0.894. The molecule has 0 saturated carbocycles. The lowest BCUT2D eigenvalue weighted by atomic mass is 10.0. The van der Waals surface area contributed by atoms with E-state index in [4.69, 9.17) is 10.5 Å². The van der Waals surface area contributed by atoms with Gasteiger partial charge in [-0.1, -0.05) is 13.8 Å². The quantitative estimate of drug-likeness (QED) is 0.774. The molecule has 22 heavy (non-hydrogen) atoms. The Morgan fingerprint density at radius 2 is 1.91 bits per heavy atom. The van der Waals surface area contributed by atoms with Gasteiger partial charge in [-0.2, -0.15) is 0 Å². The van der Waals surface area contributed by atoms with Gasteiger partial charge in [0.15, 0.2) is 0 Å². The second-order valence-corrected chi connectivity index (χ2v) is 6.28. The molecule has 0 aromatic carbocycles. The van der Waals surface area contributed by atoms with Crippen LogP contribution >= 0.6 is 23.7 Å². The van der Waals surface area contributed by atoms with Crippen molar-refractivity contribution >= 4 is 40.6 Å². The Morgan fingerprint density at radius 1 is 1.32 bits per heavy atom. The Labute approximate surface area is 142 Å². The summed E-state index contributed by atoms with van der Waals surface area (Å²) < 4.78 is 5.11. The van der Waals surface area contributed by atoms with E-state index in [2.05, 4.69) is 5.32 Å². The minimum Gasteiger partial charge on any atom is -0.462 e. The van der Waals surface area contributed by atoms with Gasteiger partial charge in [-0.05, 0) is 32.8 Å². The Balaban J connectivity index is 0.00000441. The van der Waals surface area contributed by atoms with Crippen molar-refractivity contribution in [3.8, 4) is 0 Å². The highest BCUT2D eigenvalue weighted by Gasteiger charge is 2.25. The molecule has 1 heterocycles. The predicted molar refractivity (Wildman–Crippen MR) is 93.1 cm³/mol. The first-order chi connectivity index (χ1) is 9.83. The topological polar surface area (TPSA) is 81.4 Å². The zero-order valence-corrected chi connectivity index (χ0v) is 15.3. The molecule has 0 bridgehead atoms. The van der Waals surface area contributed by atoms with Gasteiger partial charge in [0.25, 0.3) is 0 Å². The molecule has 0 radical (unpaired) electrons. The number of nitrogens with two attached hydrogens (primary N) is 1. The van der Waals surface area contributed by atoms with Crippen LogP contribution in [-0.4, -0.2) is 24.5 Å². The molecule has 5 nitrogen and oxygen atoms in total. The van der Waals surface area contributed by atoms with Crippen molar-refractivity contribution in [1.29, 1.82) is 0 Å². The molecule has 1 aromatic rings. The number of rotatable bonds is 6. The van der Waals surface area contributed by atoms with Gasteiger partial charge in [-0.15, -0.1) is 23.7 Å². The van der Waals surface area contributed by atoms with Gasteiger partial charge in [0.05, 0.1) is 18.1 Å². The summed E-state index contributed by atoms with van der Waals surface area (Å²) in [5, 5.41) is 3.38. The average Bonchev–Trinajstić information content (AvgIpc) is 2.73. The monoisotopic (exact) mass is 348 g/mol. The van der Waals surface area contributed by atoms with Crippen LogP contribution in [0.2, 0.25) is 0 Å². The highest BCUT2D eigenvalue weighted by Crippen LogP contribution is 2.34. The molecule has 0 aliphatic rings. The molecule has 2 atom stereocenters. The van der Waals surface area contributed by atoms with Crippen LogP contribution in [0.15, 0.2) is 0 Å². The molecular weight excluding hydrogens is 324 g/mol. The van der Waals surface area contributed by atoms with E-state index in [0.717, 1.165) is 16.9 Å². The number of hydrogen-bond acceptors (Lipinski definition) is 5. The third kappa shape index (κ3) is 4.69. The van der Waals surface area contributed by atoms with Gasteiger partial charge >= 0.3 is 5.97 Å². The van der Waals surface area contributed by atoms with Crippen LogP contribution in [0.5, 0.6) is 0 Å². The number of esters is 1. The first-order valence-corrected chi connectivity index (χ1v) is 8.00. The van der Waals surface area contributed by atoms with Gasteiger partial charge in [0.1, 0.15) is 5.00 Å². The lowest BCUT2D eigenvalue weighted by molar-refractivity contribution is -0.119. The van der Waals surface area contributed by atoms with Crippen LogP contribution in [0.3, 0.4) is 0 Å². The molecular formula is C15H25ClN2O3S. The highest BCUT2D eigenvalue weighted by atomic mass is 35.5. The third-order valence-corrected chi connectivity index (χ3v) is 4.54. The number of amides is 1. The fourth-order valence-electron chi connectivity index (χ4n) is 1.98.